The molecule has 1 saturated heterocycles. The Morgan fingerprint density at radius 3 is 2.94 bits per heavy atom. The van der Waals surface area contributed by atoms with Crippen LogP contribution in [0.5, 0.6) is 0 Å². The smallest absolute Gasteiger partial charge is 0.340 e. The number of methoxy groups -OCH3 is 1. The Bertz CT molecular complexity index is 497. The molecule has 1 atom stereocenters. The highest BCUT2D eigenvalue weighted by atomic mass is 32.1. The van der Waals surface area contributed by atoms with Crippen LogP contribution in [0.15, 0.2) is 11.4 Å². The molecule has 7 heteroatoms. The average Bonchev–Trinajstić information content (AvgIpc) is 2.97. The number of hydrogen-bond acceptors (Lipinski definition) is 5. The number of carbonyl (C=O) groups is 3. The van der Waals surface area contributed by atoms with Gasteiger partial charge < -0.3 is 15.4 Å². The Hall–Kier alpha value is -1.89. The Balaban J connectivity index is 2.05. The van der Waals surface area contributed by atoms with Crippen molar-refractivity contribution < 1.29 is 19.1 Å². The van der Waals surface area contributed by atoms with Crippen molar-refractivity contribution in [2.45, 2.75) is 18.9 Å². The van der Waals surface area contributed by atoms with Gasteiger partial charge in [0.2, 0.25) is 11.8 Å². The molecule has 6 nitrogen and oxygen atoms in total. The fourth-order valence-corrected chi connectivity index (χ4v) is 2.46. The van der Waals surface area contributed by atoms with Gasteiger partial charge >= 0.3 is 5.97 Å². The molecule has 1 aromatic heterocycles. The number of hydrogen-bond donors (Lipinski definition) is 2. The van der Waals surface area contributed by atoms with Gasteiger partial charge in [0, 0.05) is 6.42 Å². The van der Waals surface area contributed by atoms with E-state index in [1.807, 2.05) is 0 Å². The molecule has 0 radical (unpaired) electrons. The average molecular weight is 268 g/mol. The van der Waals surface area contributed by atoms with Gasteiger partial charge in [-0.3, -0.25) is 9.59 Å². The van der Waals surface area contributed by atoms with Crippen molar-refractivity contribution in [2.24, 2.45) is 0 Å². The van der Waals surface area contributed by atoms with E-state index < -0.39 is 12.0 Å². The van der Waals surface area contributed by atoms with Crippen LogP contribution in [0.2, 0.25) is 0 Å². The van der Waals surface area contributed by atoms with Crippen LogP contribution in [0.4, 0.5) is 5.00 Å². The lowest BCUT2D eigenvalue weighted by Gasteiger charge is -2.10. The second-order valence-electron chi connectivity index (χ2n) is 3.80. The number of esters is 1. The molecule has 1 aliphatic heterocycles. The van der Waals surface area contributed by atoms with Gasteiger partial charge in [0.25, 0.3) is 0 Å². The van der Waals surface area contributed by atoms with Crippen molar-refractivity contribution >= 4 is 34.1 Å². The third-order valence-electron chi connectivity index (χ3n) is 2.62. The number of thiophene rings is 1. The number of ether oxygens (including phenoxy) is 1. The molecule has 0 aromatic carbocycles. The predicted octanol–water partition coefficient (Wildman–Crippen LogP) is 0.752. The van der Waals surface area contributed by atoms with E-state index in [-0.39, 0.29) is 11.8 Å². The maximum absolute atomic E-state index is 11.9. The van der Waals surface area contributed by atoms with Crippen molar-refractivity contribution in [3.05, 3.63) is 17.0 Å². The first kappa shape index (κ1) is 12.6. The topological polar surface area (TPSA) is 84.5 Å². The Kier molecular flexibility index (Phi) is 3.61. The zero-order valence-electron chi connectivity index (χ0n) is 9.69. The van der Waals surface area contributed by atoms with E-state index in [4.69, 9.17) is 0 Å². The third-order valence-corrected chi connectivity index (χ3v) is 3.45. The highest BCUT2D eigenvalue weighted by Gasteiger charge is 2.28. The molecule has 2 amide bonds. The van der Waals surface area contributed by atoms with E-state index >= 15 is 0 Å². The van der Waals surface area contributed by atoms with Gasteiger partial charge in [-0.05, 0) is 17.9 Å². The lowest BCUT2D eigenvalue weighted by Crippen LogP contribution is -2.37. The summed E-state index contributed by atoms with van der Waals surface area (Å²) in [6, 6.07) is 1.06. The molecule has 0 bridgehead atoms. The molecule has 96 valence electrons. The fraction of sp³-hybridized carbons (Fsp3) is 0.364. The number of rotatable bonds is 3. The van der Waals surface area contributed by atoms with Crippen molar-refractivity contribution in [2.75, 3.05) is 12.4 Å². The van der Waals surface area contributed by atoms with Crippen LogP contribution in [0.1, 0.15) is 23.2 Å². The number of nitrogens with one attached hydrogen (secondary N) is 2. The van der Waals surface area contributed by atoms with Crippen LogP contribution >= 0.6 is 11.3 Å². The van der Waals surface area contributed by atoms with Crippen LogP contribution in [-0.4, -0.2) is 30.9 Å². The summed E-state index contributed by atoms with van der Waals surface area (Å²) in [5.74, 6) is -0.940. The molecule has 18 heavy (non-hydrogen) atoms. The second kappa shape index (κ2) is 5.18. The molecule has 0 spiro atoms. The monoisotopic (exact) mass is 268 g/mol. The van der Waals surface area contributed by atoms with Crippen LogP contribution in [0, 0.1) is 0 Å². The van der Waals surface area contributed by atoms with Gasteiger partial charge in [-0.1, -0.05) is 0 Å². The van der Waals surface area contributed by atoms with Gasteiger partial charge in [-0.15, -0.1) is 11.3 Å². The maximum Gasteiger partial charge on any atom is 0.340 e. The fourth-order valence-electron chi connectivity index (χ4n) is 1.69. The highest BCUT2D eigenvalue weighted by Crippen LogP contribution is 2.24. The van der Waals surface area contributed by atoms with Crippen molar-refractivity contribution in [3.8, 4) is 0 Å². The summed E-state index contributed by atoms with van der Waals surface area (Å²) in [6.07, 6.45) is 0.829. The van der Waals surface area contributed by atoms with Crippen molar-refractivity contribution in [3.63, 3.8) is 0 Å². The number of carbonyl (C=O) groups excluding carboxylic acids is 3. The summed E-state index contributed by atoms with van der Waals surface area (Å²) < 4.78 is 4.61. The minimum atomic E-state index is -0.523. The lowest BCUT2D eigenvalue weighted by molar-refractivity contribution is -0.122. The van der Waals surface area contributed by atoms with Gasteiger partial charge in [0.05, 0.1) is 12.7 Å². The van der Waals surface area contributed by atoms with E-state index in [2.05, 4.69) is 15.4 Å². The van der Waals surface area contributed by atoms with E-state index in [1.54, 1.807) is 11.4 Å². The van der Waals surface area contributed by atoms with Gasteiger partial charge in [0.15, 0.2) is 0 Å². The minimum Gasteiger partial charge on any atom is -0.465 e. The summed E-state index contributed by atoms with van der Waals surface area (Å²) in [5.41, 5.74) is 0.320. The predicted molar refractivity (Wildman–Crippen MR) is 65.5 cm³/mol. The summed E-state index contributed by atoms with van der Waals surface area (Å²) >= 11 is 1.24. The molecule has 2 rings (SSSR count). The lowest BCUT2D eigenvalue weighted by atomic mass is 10.2. The first-order valence-corrected chi connectivity index (χ1v) is 6.26. The standard InChI is InChI=1S/C11H12N2O4S/c1-17-11(16)6-4-5-18-10(6)13-9(15)7-2-3-8(14)12-7/h4-5,7H,2-3H2,1H3,(H,12,14)(H,13,15). The SMILES string of the molecule is COC(=O)c1ccsc1NC(=O)C1CCC(=O)N1. The largest absolute Gasteiger partial charge is 0.465 e. The van der Waals surface area contributed by atoms with E-state index in [0.717, 1.165) is 0 Å². The maximum atomic E-state index is 11.9. The normalized spacial score (nSPS) is 18.3. The molecule has 0 aliphatic carbocycles. The molecule has 1 aliphatic rings. The molecule has 1 aromatic rings. The minimum absolute atomic E-state index is 0.130. The molecule has 2 heterocycles. The summed E-state index contributed by atoms with van der Waals surface area (Å²) in [4.78, 5) is 34.3. The van der Waals surface area contributed by atoms with Crippen LogP contribution < -0.4 is 10.6 Å². The molecular weight excluding hydrogens is 256 g/mol. The van der Waals surface area contributed by atoms with E-state index in [9.17, 15) is 14.4 Å². The zero-order valence-corrected chi connectivity index (χ0v) is 10.5. The summed E-state index contributed by atoms with van der Waals surface area (Å²) in [5, 5.41) is 7.33. The Labute approximate surface area is 107 Å². The quantitative estimate of drug-likeness (QED) is 0.792. The van der Waals surface area contributed by atoms with Gasteiger partial charge in [-0.25, -0.2) is 4.79 Å². The van der Waals surface area contributed by atoms with Crippen molar-refractivity contribution in [1.82, 2.24) is 5.32 Å². The molecule has 0 saturated carbocycles. The second-order valence-corrected chi connectivity index (χ2v) is 4.72. The summed E-state index contributed by atoms with van der Waals surface area (Å²) in [6.45, 7) is 0. The molecule has 2 N–H and O–H groups in total. The van der Waals surface area contributed by atoms with Crippen LogP contribution in [0.25, 0.3) is 0 Å². The zero-order chi connectivity index (χ0) is 13.1. The summed E-state index contributed by atoms with van der Waals surface area (Å²) in [7, 11) is 1.28. The number of amides is 2. The molecule has 1 fully saturated rings. The van der Waals surface area contributed by atoms with Gasteiger partial charge in [-0.2, -0.15) is 0 Å². The van der Waals surface area contributed by atoms with Crippen molar-refractivity contribution in [1.29, 1.82) is 0 Å². The first-order valence-electron chi connectivity index (χ1n) is 5.38. The highest BCUT2D eigenvalue weighted by molar-refractivity contribution is 7.14. The van der Waals surface area contributed by atoms with E-state index in [1.165, 1.54) is 18.4 Å². The third kappa shape index (κ3) is 2.51. The first-order chi connectivity index (χ1) is 8.61. The number of anilines is 1. The molecular formula is C11H12N2O4S. The van der Waals surface area contributed by atoms with Gasteiger partial charge in [0.1, 0.15) is 11.0 Å². The Morgan fingerprint density at radius 2 is 2.33 bits per heavy atom. The van der Waals surface area contributed by atoms with Crippen LogP contribution in [-0.2, 0) is 14.3 Å². The van der Waals surface area contributed by atoms with Crippen LogP contribution in [0.3, 0.4) is 0 Å². The Morgan fingerprint density at radius 1 is 1.56 bits per heavy atom. The van der Waals surface area contributed by atoms with E-state index in [0.29, 0.717) is 23.4 Å². The molecule has 1 unspecified atom stereocenters.